The molecule has 0 spiro atoms. The summed E-state index contributed by atoms with van der Waals surface area (Å²) in [7, 11) is 0. The topological polar surface area (TPSA) is 58.2 Å². The minimum absolute atomic E-state index is 0.0482. The summed E-state index contributed by atoms with van der Waals surface area (Å²) in [5.74, 6) is -0.0482. The summed E-state index contributed by atoms with van der Waals surface area (Å²) in [6.45, 7) is 3.01. The third-order valence-corrected chi connectivity index (χ3v) is 0.903. The Morgan fingerprint density at radius 2 is 2.20 bits per heavy atom. The maximum atomic E-state index is 10.3. The van der Waals surface area contributed by atoms with E-state index in [0.29, 0.717) is 19.6 Å². The maximum Gasteiger partial charge on any atom is 0.216 e. The Labute approximate surface area is 60.0 Å². The van der Waals surface area contributed by atoms with Crippen molar-refractivity contribution in [2.24, 2.45) is 0 Å². The third-order valence-electron chi connectivity index (χ3n) is 0.903. The maximum absolute atomic E-state index is 10.3. The van der Waals surface area contributed by atoms with E-state index in [9.17, 15) is 9.59 Å². The molecule has 0 aliphatic carbocycles. The second-order valence-electron chi connectivity index (χ2n) is 1.85. The molecule has 0 atom stereocenters. The normalized spacial score (nSPS) is 8.90. The second kappa shape index (κ2) is 6.22. The van der Waals surface area contributed by atoms with E-state index in [-0.39, 0.29) is 5.91 Å². The van der Waals surface area contributed by atoms with Crippen LogP contribution in [0.4, 0.5) is 0 Å². The molecule has 0 radical (unpaired) electrons. The standard InChI is InChI=1S/C6H12N2O2/c1-6(10)8-3-2-7-4-5-9/h5,7H,2-4H2,1H3,(H,8,10). The van der Waals surface area contributed by atoms with Crippen LogP contribution in [0.3, 0.4) is 0 Å². The SMILES string of the molecule is CC(=O)NCCNCC=O. The van der Waals surface area contributed by atoms with Crippen LogP contribution < -0.4 is 10.6 Å². The molecule has 0 saturated heterocycles. The van der Waals surface area contributed by atoms with E-state index in [1.54, 1.807) is 0 Å². The first-order valence-corrected chi connectivity index (χ1v) is 3.16. The van der Waals surface area contributed by atoms with E-state index >= 15 is 0 Å². The van der Waals surface area contributed by atoms with Gasteiger partial charge in [0.25, 0.3) is 0 Å². The molecule has 0 aromatic carbocycles. The second-order valence-corrected chi connectivity index (χ2v) is 1.85. The van der Waals surface area contributed by atoms with Crippen molar-refractivity contribution in [3.8, 4) is 0 Å². The largest absolute Gasteiger partial charge is 0.355 e. The molecule has 0 fully saturated rings. The van der Waals surface area contributed by atoms with Crippen molar-refractivity contribution in [3.63, 3.8) is 0 Å². The van der Waals surface area contributed by atoms with Crippen LogP contribution in [-0.4, -0.2) is 31.8 Å². The highest BCUT2D eigenvalue weighted by Gasteiger charge is 1.87. The molecule has 0 aliphatic rings. The highest BCUT2D eigenvalue weighted by molar-refractivity contribution is 5.72. The number of hydrogen-bond donors (Lipinski definition) is 2. The van der Waals surface area contributed by atoms with Gasteiger partial charge in [0.1, 0.15) is 6.29 Å². The van der Waals surface area contributed by atoms with Crippen molar-refractivity contribution in [2.75, 3.05) is 19.6 Å². The number of nitrogens with one attached hydrogen (secondary N) is 2. The van der Waals surface area contributed by atoms with Gasteiger partial charge in [-0.2, -0.15) is 0 Å². The average Bonchev–Trinajstić information content (AvgIpc) is 1.87. The molecular weight excluding hydrogens is 132 g/mol. The minimum Gasteiger partial charge on any atom is -0.355 e. The van der Waals surface area contributed by atoms with Gasteiger partial charge in [0.05, 0.1) is 6.54 Å². The monoisotopic (exact) mass is 144 g/mol. The number of hydrogen-bond acceptors (Lipinski definition) is 3. The molecule has 2 N–H and O–H groups in total. The lowest BCUT2D eigenvalue weighted by Gasteiger charge is -2.00. The molecule has 0 heterocycles. The molecule has 0 rings (SSSR count). The van der Waals surface area contributed by atoms with Gasteiger partial charge in [0.2, 0.25) is 5.91 Å². The lowest BCUT2D eigenvalue weighted by atomic mass is 10.5. The van der Waals surface area contributed by atoms with Crippen molar-refractivity contribution in [2.45, 2.75) is 6.92 Å². The van der Waals surface area contributed by atoms with Crippen LogP contribution >= 0.6 is 0 Å². The molecule has 4 heteroatoms. The summed E-state index contributed by atoms with van der Waals surface area (Å²) in [4.78, 5) is 20.0. The summed E-state index contributed by atoms with van der Waals surface area (Å²) in [6.07, 6.45) is 0.785. The highest BCUT2D eigenvalue weighted by Crippen LogP contribution is 1.59. The van der Waals surface area contributed by atoms with Crippen molar-refractivity contribution < 1.29 is 9.59 Å². The number of rotatable bonds is 5. The van der Waals surface area contributed by atoms with Gasteiger partial charge in [-0.05, 0) is 0 Å². The van der Waals surface area contributed by atoms with Crippen LogP contribution in [0, 0.1) is 0 Å². The molecule has 1 amide bonds. The summed E-state index contributed by atoms with van der Waals surface area (Å²) in [5, 5.41) is 5.39. The molecule has 0 aromatic heterocycles. The van der Waals surface area contributed by atoms with Gasteiger partial charge in [-0.15, -0.1) is 0 Å². The van der Waals surface area contributed by atoms with Crippen LogP contribution in [0.1, 0.15) is 6.92 Å². The lowest BCUT2D eigenvalue weighted by Crippen LogP contribution is -2.30. The van der Waals surface area contributed by atoms with Crippen molar-refractivity contribution in [1.29, 1.82) is 0 Å². The Morgan fingerprint density at radius 1 is 1.50 bits per heavy atom. The predicted molar refractivity (Wildman–Crippen MR) is 37.6 cm³/mol. The third kappa shape index (κ3) is 7.10. The lowest BCUT2D eigenvalue weighted by molar-refractivity contribution is -0.118. The average molecular weight is 144 g/mol. The Morgan fingerprint density at radius 3 is 2.70 bits per heavy atom. The molecular formula is C6H12N2O2. The number of carbonyl (C=O) groups is 2. The van der Waals surface area contributed by atoms with Gasteiger partial charge >= 0.3 is 0 Å². The highest BCUT2D eigenvalue weighted by atomic mass is 16.1. The summed E-state index contributed by atoms with van der Waals surface area (Å²) in [6, 6.07) is 0. The molecule has 0 aliphatic heterocycles. The summed E-state index contributed by atoms with van der Waals surface area (Å²) in [5.41, 5.74) is 0. The first-order chi connectivity index (χ1) is 4.77. The molecule has 58 valence electrons. The van der Waals surface area contributed by atoms with Crippen molar-refractivity contribution in [1.82, 2.24) is 10.6 Å². The Bertz CT molecular complexity index is 114. The molecule has 0 bridgehead atoms. The van der Waals surface area contributed by atoms with Gasteiger partial charge in [0.15, 0.2) is 0 Å². The van der Waals surface area contributed by atoms with E-state index in [1.807, 2.05) is 0 Å². The van der Waals surface area contributed by atoms with Crippen LogP contribution in [0.15, 0.2) is 0 Å². The van der Waals surface area contributed by atoms with Crippen LogP contribution in [0.5, 0.6) is 0 Å². The molecule has 10 heavy (non-hydrogen) atoms. The fourth-order valence-electron chi connectivity index (χ4n) is 0.488. The molecule has 4 nitrogen and oxygen atoms in total. The van der Waals surface area contributed by atoms with Gasteiger partial charge < -0.3 is 15.4 Å². The quantitative estimate of drug-likeness (QED) is 0.381. The van der Waals surface area contributed by atoms with Gasteiger partial charge in [-0.3, -0.25) is 4.79 Å². The summed E-state index contributed by atoms with van der Waals surface area (Å²) < 4.78 is 0. The van der Waals surface area contributed by atoms with E-state index in [0.717, 1.165) is 6.29 Å². The molecule has 0 saturated carbocycles. The van der Waals surface area contributed by atoms with Crippen LogP contribution in [-0.2, 0) is 9.59 Å². The Balaban J connectivity index is 2.90. The van der Waals surface area contributed by atoms with E-state index in [4.69, 9.17) is 0 Å². The zero-order valence-electron chi connectivity index (χ0n) is 6.02. The number of amides is 1. The molecule has 0 aromatic rings. The minimum atomic E-state index is -0.0482. The fourth-order valence-corrected chi connectivity index (χ4v) is 0.488. The summed E-state index contributed by atoms with van der Waals surface area (Å²) >= 11 is 0. The Kier molecular flexibility index (Phi) is 5.66. The Hall–Kier alpha value is -0.900. The van der Waals surface area contributed by atoms with Crippen LogP contribution in [0.25, 0.3) is 0 Å². The number of carbonyl (C=O) groups excluding carboxylic acids is 2. The van der Waals surface area contributed by atoms with Crippen molar-refractivity contribution >= 4 is 12.2 Å². The number of aldehydes is 1. The van der Waals surface area contributed by atoms with Gasteiger partial charge in [-0.1, -0.05) is 0 Å². The smallest absolute Gasteiger partial charge is 0.216 e. The van der Waals surface area contributed by atoms with E-state index < -0.39 is 0 Å². The fraction of sp³-hybridized carbons (Fsp3) is 0.667. The van der Waals surface area contributed by atoms with Crippen LogP contribution in [0.2, 0.25) is 0 Å². The van der Waals surface area contributed by atoms with Crippen molar-refractivity contribution in [3.05, 3.63) is 0 Å². The zero-order chi connectivity index (χ0) is 7.82. The van der Waals surface area contributed by atoms with E-state index in [1.165, 1.54) is 6.92 Å². The predicted octanol–water partition coefficient (Wildman–Crippen LogP) is -1.09. The molecule has 0 unspecified atom stereocenters. The zero-order valence-corrected chi connectivity index (χ0v) is 6.02. The first-order valence-electron chi connectivity index (χ1n) is 3.16. The van der Waals surface area contributed by atoms with Gasteiger partial charge in [0, 0.05) is 20.0 Å². The van der Waals surface area contributed by atoms with Gasteiger partial charge in [-0.25, -0.2) is 0 Å². The van der Waals surface area contributed by atoms with E-state index in [2.05, 4.69) is 10.6 Å². The first kappa shape index (κ1) is 9.10.